The van der Waals surface area contributed by atoms with Crippen LogP contribution < -0.4 is 20.1 Å². The van der Waals surface area contributed by atoms with E-state index in [4.69, 9.17) is 26.2 Å². The van der Waals surface area contributed by atoms with Gasteiger partial charge in [-0.1, -0.05) is 17.8 Å². The molecular weight excluding hydrogens is 376 g/mol. The number of anilines is 1. The van der Waals surface area contributed by atoms with Crippen molar-refractivity contribution in [3.05, 3.63) is 67.1 Å². The van der Waals surface area contributed by atoms with E-state index < -0.39 is 0 Å². The quantitative estimate of drug-likeness (QED) is 0.440. The Morgan fingerprint density at radius 2 is 1.86 bits per heavy atom. The molecule has 0 amide bonds. The molecule has 3 aromatic rings. The Morgan fingerprint density at radius 1 is 1.14 bits per heavy atom. The van der Waals surface area contributed by atoms with Crippen LogP contribution in [-0.2, 0) is 6.54 Å². The van der Waals surface area contributed by atoms with Crippen molar-refractivity contribution < 1.29 is 14.0 Å². The maximum atomic E-state index is 5.44. The molecule has 0 fully saturated rings. The molecule has 1 aromatic heterocycles. The van der Waals surface area contributed by atoms with Crippen LogP contribution in [0.25, 0.3) is 11.4 Å². The first-order chi connectivity index (χ1) is 13.7. The van der Waals surface area contributed by atoms with Gasteiger partial charge >= 0.3 is 0 Å². The molecule has 0 saturated carbocycles. The number of hydrogen-bond acceptors (Lipinski definition) is 6. The SMILES string of the molecule is C=CCOc1ccc(NC(=S)NCc2nc(-c3ccc(OC)cc3)no2)cc1. The first kappa shape index (κ1) is 19.4. The molecular formula is C20H20N4O3S. The molecule has 0 unspecified atom stereocenters. The highest BCUT2D eigenvalue weighted by Gasteiger charge is 2.09. The van der Waals surface area contributed by atoms with Gasteiger partial charge in [0.05, 0.1) is 13.7 Å². The van der Waals surface area contributed by atoms with Gasteiger partial charge in [0.2, 0.25) is 11.7 Å². The summed E-state index contributed by atoms with van der Waals surface area (Å²) in [6.07, 6.45) is 1.70. The maximum Gasteiger partial charge on any atom is 0.246 e. The van der Waals surface area contributed by atoms with Gasteiger partial charge in [0.25, 0.3) is 0 Å². The average molecular weight is 396 g/mol. The van der Waals surface area contributed by atoms with Gasteiger partial charge in [-0.3, -0.25) is 0 Å². The highest BCUT2D eigenvalue weighted by atomic mass is 32.1. The van der Waals surface area contributed by atoms with Crippen molar-refractivity contribution in [3.63, 3.8) is 0 Å². The Kier molecular flexibility index (Phi) is 6.59. The number of rotatable bonds is 8. The summed E-state index contributed by atoms with van der Waals surface area (Å²) in [6.45, 7) is 4.40. The Labute approximate surface area is 168 Å². The number of nitrogens with one attached hydrogen (secondary N) is 2. The summed E-state index contributed by atoms with van der Waals surface area (Å²) in [5, 5.41) is 10.6. The van der Waals surface area contributed by atoms with Crippen LogP contribution in [0.3, 0.4) is 0 Å². The zero-order chi connectivity index (χ0) is 19.8. The van der Waals surface area contributed by atoms with Crippen LogP contribution in [0, 0.1) is 0 Å². The molecule has 0 spiro atoms. The molecule has 1 heterocycles. The molecule has 0 bridgehead atoms. The summed E-state index contributed by atoms with van der Waals surface area (Å²) in [5.74, 6) is 2.48. The fraction of sp³-hybridized carbons (Fsp3) is 0.150. The van der Waals surface area contributed by atoms with Crippen molar-refractivity contribution in [2.45, 2.75) is 6.54 Å². The highest BCUT2D eigenvalue weighted by Crippen LogP contribution is 2.19. The number of aromatic nitrogens is 2. The molecule has 8 heteroatoms. The second kappa shape index (κ2) is 9.52. The fourth-order valence-electron chi connectivity index (χ4n) is 2.30. The van der Waals surface area contributed by atoms with Gasteiger partial charge in [-0.15, -0.1) is 0 Å². The Hall–Kier alpha value is -3.39. The van der Waals surface area contributed by atoms with E-state index in [1.54, 1.807) is 13.2 Å². The van der Waals surface area contributed by atoms with E-state index in [-0.39, 0.29) is 0 Å². The number of hydrogen-bond donors (Lipinski definition) is 2. The Balaban J connectivity index is 1.50. The third-order valence-corrected chi connectivity index (χ3v) is 3.94. The summed E-state index contributed by atoms with van der Waals surface area (Å²) < 4.78 is 15.8. The molecule has 0 radical (unpaired) electrons. The first-order valence-electron chi connectivity index (χ1n) is 8.53. The summed E-state index contributed by atoms with van der Waals surface area (Å²) in [5.41, 5.74) is 1.68. The third-order valence-electron chi connectivity index (χ3n) is 3.70. The summed E-state index contributed by atoms with van der Waals surface area (Å²) in [7, 11) is 1.62. The van der Waals surface area contributed by atoms with Gasteiger partial charge in [-0.25, -0.2) is 0 Å². The van der Waals surface area contributed by atoms with Crippen LogP contribution in [0.1, 0.15) is 5.89 Å². The van der Waals surface area contributed by atoms with E-state index in [1.807, 2.05) is 48.5 Å². The zero-order valence-corrected chi connectivity index (χ0v) is 16.2. The second-order valence-corrected chi connectivity index (χ2v) is 6.08. The molecule has 0 aliphatic rings. The van der Waals surface area contributed by atoms with Crippen LogP contribution in [0.15, 0.2) is 65.7 Å². The van der Waals surface area contributed by atoms with Gasteiger partial charge in [-0.05, 0) is 60.7 Å². The lowest BCUT2D eigenvalue weighted by Crippen LogP contribution is -2.27. The third kappa shape index (κ3) is 5.31. The smallest absolute Gasteiger partial charge is 0.246 e. The minimum Gasteiger partial charge on any atom is -0.497 e. The van der Waals surface area contributed by atoms with Crippen molar-refractivity contribution in [3.8, 4) is 22.9 Å². The van der Waals surface area contributed by atoms with E-state index in [0.717, 1.165) is 22.7 Å². The molecule has 0 aliphatic heterocycles. The zero-order valence-electron chi connectivity index (χ0n) is 15.3. The van der Waals surface area contributed by atoms with Crippen molar-refractivity contribution in [1.82, 2.24) is 15.5 Å². The molecule has 7 nitrogen and oxygen atoms in total. The van der Waals surface area contributed by atoms with Gasteiger partial charge in [0.1, 0.15) is 18.1 Å². The second-order valence-electron chi connectivity index (χ2n) is 5.67. The first-order valence-corrected chi connectivity index (χ1v) is 8.94. The minimum absolute atomic E-state index is 0.315. The number of benzene rings is 2. The Morgan fingerprint density at radius 3 is 2.54 bits per heavy atom. The molecule has 3 rings (SSSR count). The maximum absolute atomic E-state index is 5.44. The molecule has 2 N–H and O–H groups in total. The summed E-state index contributed by atoms with van der Waals surface area (Å²) in [6, 6.07) is 14.9. The molecule has 28 heavy (non-hydrogen) atoms. The van der Waals surface area contributed by atoms with Gasteiger partial charge in [0, 0.05) is 11.3 Å². The highest BCUT2D eigenvalue weighted by molar-refractivity contribution is 7.80. The number of methoxy groups -OCH3 is 1. The Bertz CT molecular complexity index is 923. The number of nitrogens with zero attached hydrogens (tertiary/aromatic N) is 2. The van der Waals surface area contributed by atoms with Crippen molar-refractivity contribution in [2.24, 2.45) is 0 Å². The van der Waals surface area contributed by atoms with E-state index in [9.17, 15) is 0 Å². The molecule has 144 valence electrons. The van der Waals surface area contributed by atoms with Gasteiger partial charge in [0.15, 0.2) is 5.11 Å². The predicted octanol–water partition coefficient (Wildman–Crippen LogP) is 3.80. The van der Waals surface area contributed by atoms with Crippen molar-refractivity contribution >= 4 is 23.0 Å². The van der Waals surface area contributed by atoms with E-state index in [2.05, 4.69) is 27.4 Å². The predicted molar refractivity (Wildman–Crippen MR) is 111 cm³/mol. The lowest BCUT2D eigenvalue weighted by molar-refractivity contribution is 0.363. The van der Waals surface area contributed by atoms with Crippen LogP contribution in [0.4, 0.5) is 5.69 Å². The summed E-state index contributed by atoms with van der Waals surface area (Å²) >= 11 is 5.30. The van der Waals surface area contributed by atoms with E-state index in [1.165, 1.54) is 0 Å². The van der Waals surface area contributed by atoms with Gasteiger partial charge in [-0.2, -0.15) is 4.98 Å². The van der Waals surface area contributed by atoms with Crippen molar-refractivity contribution in [2.75, 3.05) is 19.0 Å². The van der Waals surface area contributed by atoms with Crippen LogP contribution >= 0.6 is 12.2 Å². The van der Waals surface area contributed by atoms with E-state index in [0.29, 0.717) is 30.0 Å². The standard InChI is InChI=1S/C20H20N4O3S/c1-3-12-26-17-10-6-15(7-11-17)22-20(28)21-13-18-23-19(24-27-18)14-4-8-16(25-2)9-5-14/h3-11H,1,12-13H2,2H3,(H2,21,22,28). The number of thiocarbonyl (C=S) groups is 1. The minimum atomic E-state index is 0.315. The molecule has 0 saturated heterocycles. The van der Waals surface area contributed by atoms with E-state index >= 15 is 0 Å². The topological polar surface area (TPSA) is 81.4 Å². The molecule has 0 atom stereocenters. The van der Waals surface area contributed by atoms with Gasteiger partial charge < -0.3 is 24.6 Å². The summed E-state index contributed by atoms with van der Waals surface area (Å²) in [4.78, 5) is 4.36. The monoisotopic (exact) mass is 396 g/mol. The number of ether oxygens (including phenoxy) is 2. The normalized spacial score (nSPS) is 10.2. The lowest BCUT2D eigenvalue weighted by Gasteiger charge is -2.09. The fourth-order valence-corrected chi connectivity index (χ4v) is 2.49. The van der Waals surface area contributed by atoms with Crippen LogP contribution in [-0.4, -0.2) is 29.0 Å². The van der Waals surface area contributed by atoms with Crippen molar-refractivity contribution in [1.29, 1.82) is 0 Å². The lowest BCUT2D eigenvalue weighted by atomic mass is 10.2. The van der Waals surface area contributed by atoms with Crippen LogP contribution in [0.5, 0.6) is 11.5 Å². The largest absolute Gasteiger partial charge is 0.497 e. The average Bonchev–Trinajstić information content (AvgIpc) is 3.21. The molecule has 0 aliphatic carbocycles. The molecule has 2 aromatic carbocycles. The van der Waals surface area contributed by atoms with Crippen LogP contribution in [0.2, 0.25) is 0 Å².